The van der Waals surface area contributed by atoms with Crippen molar-refractivity contribution in [1.82, 2.24) is 4.90 Å². The standard InChI is InChI=1S/C16H18BrNO3S/c1-11-3-4-12(13(17)9-11)5-6-15(19)18-7-8-22-14(10-18)16(20)21-2/h3-6,9,14H,7-8,10H2,1-2H3/b6-5+/t14-/m0/s1. The molecule has 0 N–H and O–H groups in total. The number of halogens is 1. The van der Waals surface area contributed by atoms with Crippen LogP contribution in [-0.4, -0.2) is 48.0 Å². The summed E-state index contributed by atoms with van der Waals surface area (Å²) in [5.74, 6) is 0.391. The predicted octanol–water partition coefficient (Wildman–Crippen LogP) is 2.89. The van der Waals surface area contributed by atoms with E-state index in [9.17, 15) is 9.59 Å². The van der Waals surface area contributed by atoms with E-state index in [0.29, 0.717) is 13.1 Å². The molecule has 0 saturated carbocycles. The summed E-state index contributed by atoms with van der Waals surface area (Å²) in [6.07, 6.45) is 3.35. The van der Waals surface area contributed by atoms with Crippen molar-refractivity contribution < 1.29 is 14.3 Å². The zero-order chi connectivity index (χ0) is 16.1. The van der Waals surface area contributed by atoms with Gasteiger partial charge in [-0.1, -0.05) is 28.1 Å². The predicted molar refractivity (Wildman–Crippen MR) is 92.8 cm³/mol. The minimum absolute atomic E-state index is 0.0818. The molecule has 1 aromatic carbocycles. The van der Waals surface area contributed by atoms with E-state index in [4.69, 9.17) is 4.74 Å². The quantitative estimate of drug-likeness (QED) is 0.594. The molecule has 0 aliphatic carbocycles. The maximum Gasteiger partial charge on any atom is 0.320 e. The summed E-state index contributed by atoms with van der Waals surface area (Å²) in [4.78, 5) is 25.5. The molecular weight excluding hydrogens is 366 g/mol. The van der Waals surface area contributed by atoms with E-state index in [0.717, 1.165) is 21.4 Å². The summed E-state index contributed by atoms with van der Waals surface area (Å²) in [6, 6.07) is 5.97. The highest BCUT2D eigenvalue weighted by molar-refractivity contribution is 9.10. The number of amides is 1. The van der Waals surface area contributed by atoms with Gasteiger partial charge < -0.3 is 9.64 Å². The molecule has 1 amide bonds. The number of aryl methyl sites for hydroxylation is 1. The summed E-state index contributed by atoms with van der Waals surface area (Å²) in [6.45, 7) is 3.06. The van der Waals surface area contributed by atoms with Crippen LogP contribution >= 0.6 is 27.7 Å². The largest absolute Gasteiger partial charge is 0.468 e. The average molecular weight is 384 g/mol. The first-order valence-electron chi connectivity index (χ1n) is 6.94. The van der Waals surface area contributed by atoms with Crippen molar-refractivity contribution >= 4 is 45.6 Å². The summed E-state index contributed by atoms with van der Waals surface area (Å²) < 4.78 is 5.71. The lowest BCUT2D eigenvalue weighted by molar-refractivity contribution is -0.140. The van der Waals surface area contributed by atoms with E-state index in [1.165, 1.54) is 18.9 Å². The number of carbonyl (C=O) groups is 2. The van der Waals surface area contributed by atoms with Gasteiger partial charge in [0.15, 0.2) is 0 Å². The summed E-state index contributed by atoms with van der Waals surface area (Å²) in [7, 11) is 1.37. The molecule has 22 heavy (non-hydrogen) atoms. The number of rotatable bonds is 3. The molecule has 6 heteroatoms. The van der Waals surface area contributed by atoms with Gasteiger partial charge >= 0.3 is 5.97 Å². The first-order valence-corrected chi connectivity index (χ1v) is 8.78. The minimum Gasteiger partial charge on any atom is -0.468 e. The molecule has 1 saturated heterocycles. The van der Waals surface area contributed by atoms with Gasteiger partial charge in [-0.25, -0.2) is 0 Å². The molecule has 1 fully saturated rings. The third-order valence-electron chi connectivity index (χ3n) is 3.40. The van der Waals surface area contributed by atoms with Crippen LogP contribution in [-0.2, 0) is 14.3 Å². The minimum atomic E-state index is -0.290. The molecule has 4 nitrogen and oxygen atoms in total. The second kappa shape index (κ2) is 7.83. The Morgan fingerprint density at radius 1 is 1.45 bits per heavy atom. The third kappa shape index (κ3) is 4.36. The van der Waals surface area contributed by atoms with Crippen LogP contribution in [0.15, 0.2) is 28.7 Å². The normalized spacial score (nSPS) is 18.5. The Kier molecular flexibility index (Phi) is 6.08. The molecule has 118 valence electrons. The number of nitrogens with zero attached hydrogens (tertiary/aromatic N) is 1. The molecular formula is C16H18BrNO3S. The van der Waals surface area contributed by atoms with E-state index in [2.05, 4.69) is 15.9 Å². The van der Waals surface area contributed by atoms with Crippen LogP contribution in [0, 0.1) is 6.92 Å². The van der Waals surface area contributed by atoms with Crippen LogP contribution in [0.5, 0.6) is 0 Å². The Morgan fingerprint density at radius 2 is 2.23 bits per heavy atom. The Balaban J connectivity index is 2.02. The second-order valence-electron chi connectivity index (χ2n) is 5.03. The van der Waals surface area contributed by atoms with E-state index in [1.54, 1.807) is 17.1 Å². The van der Waals surface area contributed by atoms with Crippen molar-refractivity contribution in [3.05, 3.63) is 39.9 Å². The fourth-order valence-corrected chi connectivity index (χ4v) is 3.91. The highest BCUT2D eigenvalue weighted by atomic mass is 79.9. The van der Waals surface area contributed by atoms with Gasteiger partial charge in [-0.3, -0.25) is 9.59 Å². The average Bonchev–Trinajstić information content (AvgIpc) is 2.53. The third-order valence-corrected chi connectivity index (χ3v) is 5.25. The number of carbonyl (C=O) groups excluding carboxylic acids is 2. The maximum atomic E-state index is 12.3. The number of esters is 1. The first-order chi connectivity index (χ1) is 10.5. The number of methoxy groups -OCH3 is 1. The number of benzene rings is 1. The molecule has 0 unspecified atom stereocenters. The maximum absolute atomic E-state index is 12.3. The molecule has 1 aliphatic heterocycles. The second-order valence-corrected chi connectivity index (χ2v) is 7.19. The smallest absolute Gasteiger partial charge is 0.320 e. The van der Waals surface area contributed by atoms with Crippen LogP contribution in [0.1, 0.15) is 11.1 Å². The lowest BCUT2D eigenvalue weighted by atomic mass is 10.1. The zero-order valence-corrected chi connectivity index (χ0v) is 14.9. The zero-order valence-electron chi connectivity index (χ0n) is 12.5. The fourth-order valence-electron chi connectivity index (χ4n) is 2.16. The van der Waals surface area contributed by atoms with Crippen molar-refractivity contribution in [3.63, 3.8) is 0 Å². The van der Waals surface area contributed by atoms with E-state index in [1.807, 2.05) is 25.1 Å². The fraction of sp³-hybridized carbons (Fsp3) is 0.375. The monoisotopic (exact) mass is 383 g/mol. The Hall–Kier alpha value is -1.27. The van der Waals surface area contributed by atoms with Gasteiger partial charge in [0.1, 0.15) is 5.25 Å². The molecule has 0 spiro atoms. The van der Waals surface area contributed by atoms with E-state index >= 15 is 0 Å². The van der Waals surface area contributed by atoms with Crippen molar-refractivity contribution in [1.29, 1.82) is 0 Å². The van der Waals surface area contributed by atoms with Crippen LogP contribution in [0.2, 0.25) is 0 Å². The topological polar surface area (TPSA) is 46.6 Å². The van der Waals surface area contributed by atoms with Crippen molar-refractivity contribution in [2.45, 2.75) is 12.2 Å². The SMILES string of the molecule is COC(=O)[C@@H]1CN(C(=O)/C=C/c2ccc(C)cc2Br)CCS1. The first kappa shape index (κ1) is 17.1. The van der Waals surface area contributed by atoms with E-state index in [-0.39, 0.29) is 17.1 Å². The van der Waals surface area contributed by atoms with Crippen molar-refractivity contribution in [2.24, 2.45) is 0 Å². The van der Waals surface area contributed by atoms with Gasteiger partial charge in [0.2, 0.25) is 5.91 Å². The van der Waals surface area contributed by atoms with Crippen molar-refractivity contribution in [3.8, 4) is 0 Å². The number of hydrogen-bond acceptors (Lipinski definition) is 4. The van der Waals surface area contributed by atoms with Gasteiger partial charge in [0.05, 0.1) is 7.11 Å². The van der Waals surface area contributed by atoms with Crippen LogP contribution in [0.3, 0.4) is 0 Å². The summed E-state index contributed by atoms with van der Waals surface area (Å²) in [5, 5.41) is -0.290. The van der Waals surface area contributed by atoms with Crippen LogP contribution in [0.25, 0.3) is 6.08 Å². The number of thioether (sulfide) groups is 1. The molecule has 1 heterocycles. The molecule has 0 radical (unpaired) electrons. The molecule has 0 bridgehead atoms. The van der Waals surface area contributed by atoms with Crippen molar-refractivity contribution in [2.75, 3.05) is 26.0 Å². The molecule has 2 rings (SSSR count). The highest BCUT2D eigenvalue weighted by Crippen LogP contribution is 2.22. The van der Waals surface area contributed by atoms with Gasteiger partial charge in [0, 0.05) is 29.4 Å². The van der Waals surface area contributed by atoms with Crippen LogP contribution in [0.4, 0.5) is 0 Å². The molecule has 1 atom stereocenters. The summed E-state index contributed by atoms with van der Waals surface area (Å²) >= 11 is 5.03. The molecule has 1 aliphatic rings. The molecule has 1 aromatic rings. The highest BCUT2D eigenvalue weighted by Gasteiger charge is 2.28. The molecule has 0 aromatic heterocycles. The number of ether oxygens (including phenoxy) is 1. The van der Waals surface area contributed by atoms with Gasteiger partial charge in [-0.15, -0.1) is 11.8 Å². The van der Waals surface area contributed by atoms with E-state index < -0.39 is 0 Å². The lowest BCUT2D eigenvalue weighted by Crippen LogP contribution is -2.44. The number of hydrogen-bond donors (Lipinski definition) is 0. The van der Waals surface area contributed by atoms with Gasteiger partial charge in [0.25, 0.3) is 0 Å². The Bertz CT molecular complexity index is 603. The summed E-state index contributed by atoms with van der Waals surface area (Å²) in [5.41, 5.74) is 2.11. The van der Waals surface area contributed by atoms with Gasteiger partial charge in [-0.2, -0.15) is 0 Å². The van der Waals surface area contributed by atoms with Gasteiger partial charge in [-0.05, 0) is 30.2 Å². The lowest BCUT2D eigenvalue weighted by Gasteiger charge is -2.30. The Morgan fingerprint density at radius 3 is 2.91 bits per heavy atom. The van der Waals surface area contributed by atoms with Crippen LogP contribution < -0.4 is 0 Å². The Labute approximate surface area is 143 Å².